The van der Waals surface area contributed by atoms with Crippen molar-refractivity contribution in [2.24, 2.45) is 5.92 Å². The third-order valence-corrected chi connectivity index (χ3v) is 4.97. The molecule has 2 amide bonds. The van der Waals surface area contributed by atoms with Crippen LogP contribution in [0.1, 0.15) is 30.1 Å². The third-order valence-electron chi connectivity index (χ3n) is 4.97. The van der Waals surface area contributed by atoms with Crippen LogP contribution >= 0.6 is 0 Å². The highest BCUT2D eigenvalue weighted by Gasteiger charge is 2.27. The van der Waals surface area contributed by atoms with E-state index in [4.69, 9.17) is 9.47 Å². The molecule has 28 heavy (non-hydrogen) atoms. The molecule has 3 rings (SSSR count). The molecule has 2 aliphatic heterocycles. The Kier molecular flexibility index (Phi) is 6.86. The number of fused-ring (bicyclic) bond motifs is 1. The maximum absolute atomic E-state index is 12.8. The maximum Gasteiger partial charge on any atom is 0.234 e. The summed E-state index contributed by atoms with van der Waals surface area (Å²) in [7, 11) is 0. The lowest BCUT2D eigenvalue weighted by molar-refractivity contribution is -0.123. The first-order valence-corrected chi connectivity index (χ1v) is 9.70. The highest BCUT2D eigenvalue weighted by atomic mass is 16.6. The van der Waals surface area contributed by atoms with Crippen molar-refractivity contribution in [1.82, 2.24) is 15.5 Å². The van der Waals surface area contributed by atoms with Gasteiger partial charge in [0.25, 0.3) is 0 Å². The molecule has 0 atom stereocenters. The monoisotopic (exact) mass is 389 g/mol. The van der Waals surface area contributed by atoms with Crippen LogP contribution < -0.4 is 20.1 Å². The summed E-state index contributed by atoms with van der Waals surface area (Å²) in [5.41, 5.74) is 0.651. The lowest BCUT2D eigenvalue weighted by Gasteiger charge is -2.30. The Morgan fingerprint density at radius 2 is 1.71 bits per heavy atom. The normalized spacial score (nSPS) is 17.0. The van der Waals surface area contributed by atoms with Crippen molar-refractivity contribution in [2.45, 2.75) is 19.8 Å². The van der Waals surface area contributed by atoms with Crippen LogP contribution in [0.4, 0.5) is 0 Å². The Balaban J connectivity index is 1.43. The van der Waals surface area contributed by atoms with E-state index in [-0.39, 0.29) is 23.5 Å². The first kappa shape index (κ1) is 20.1. The van der Waals surface area contributed by atoms with Crippen molar-refractivity contribution < 1.29 is 23.9 Å². The van der Waals surface area contributed by atoms with Crippen molar-refractivity contribution in [3.8, 4) is 11.5 Å². The Morgan fingerprint density at radius 1 is 1.04 bits per heavy atom. The van der Waals surface area contributed by atoms with E-state index in [0.29, 0.717) is 63.0 Å². The van der Waals surface area contributed by atoms with Gasteiger partial charge in [0.2, 0.25) is 11.8 Å². The number of Topliss-reactive ketones (excluding diaryl/α,β-unsaturated/α-hetero) is 1. The van der Waals surface area contributed by atoms with E-state index in [2.05, 4.69) is 15.5 Å². The van der Waals surface area contributed by atoms with E-state index in [1.807, 2.05) is 0 Å². The summed E-state index contributed by atoms with van der Waals surface area (Å²) in [6.07, 6.45) is 1.46. The summed E-state index contributed by atoms with van der Waals surface area (Å²) < 4.78 is 11.1. The molecule has 0 aliphatic carbocycles. The summed E-state index contributed by atoms with van der Waals surface area (Å²) in [4.78, 5) is 37.6. The van der Waals surface area contributed by atoms with E-state index in [9.17, 15) is 14.4 Å². The molecule has 2 aliphatic rings. The molecule has 1 aromatic rings. The molecule has 0 spiro atoms. The van der Waals surface area contributed by atoms with Crippen molar-refractivity contribution in [3.05, 3.63) is 23.8 Å². The molecule has 2 heterocycles. The summed E-state index contributed by atoms with van der Waals surface area (Å²) in [5.74, 6) is 1.21. The zero-order chi connectivity index (χ0) is 19.9. The van der Waals surface area contributed by atoms with Gasteiger partial charge in [0.15, 0.2) is 17.3 Å². The fourth-order valence-corrected chi connectivity index (χ4v) is 3.49. The molecule has 0 aromatic heterocycles. The maximum atomic E-state index is 12.8. The molecular formula is C20H27N3O5. The second-order valence-corrected chi connectivity index (χ2v) is 7.11. The van der Waals surface area contributed by atoms with Crippen LogP contribution in [0.5, 0.6) is 11.5 Å². The Labute approximate surface area is 164 Å². The SMILES string of the molecule is CC(=O)NCCNC(=O)CN1CCC(C(=O)c2ccc3c(c2)OCCO3)CC1. The second-order valence-electron chi connectivity index (χ2n) is 7.11. The quantitative estimate of drug-likeness (QED) is 0.524. The standard InChI is InChI=1S/C20H27N3O5/c1-14(24)21-6-7-22-19(25)13-23-8-4-15(5-9-23)20(26)16-2-3-17-18(12-16)28-11-10-27-17/h2-3,12,15H,4-11,13H2,1H3,(H,21,24)(H,22,25). The van der Waals surface area contributed by atoms with Crippen molar-refractivity contribution in [1.29, 1.82) is 0 Å². The number of nitrogens with one attached hydrogen (secondary N) is 2. The predicted molar refractivity (Wildman–Crippen MR) is 103 cm³/mol. The van der Waals surface area contributed by atoms with E-state index in [0.717, 1.165) is 12.8 Å². The van der Waals surface area contributed by atoms with Gasteiger partial charge in [0.1, 0.15) is 13.2 Å². The van der Waals surface area contributed by atoms with Gasteiger partial charge in [0, 0.05) is 31.5 Å². The van der Waals surface area contributed by atoms with Gasteiger partial charge >= 0.3 is 0 Å². The van der Waals surface area contributed by atoms with Crippen LogP contribution in [-0.4, -0.2) is 68.4 Å². The van der Waals surface area contributed by atoms with E-state index >= 15 is 0 Å². The molecule has 152 valence electrons. The number of benzene rings is 1. The molecule has 8 heteroatoms. The van der Waals surface area contributed by atoms with Crippen LogP contribution in [0.15, 0.2) is 18.2 Å². The van der Waals surface area contributed by atoms with Gasteiger partial charge < -0.3 is 20.1 Å². The molecule has 0 unspecified atom stereocenters. The van der Waals surface area contributed by atoms with Gasteiger partial charge in [-0.05, 0) is 44.1 Å². The van der Waals surface area contributed by atoms with E-state index < -0.39 is 0 Å². The molecule has 1 fully saturated rings. The Morgan fingerprint density at radius 3 is 2.43 bits per heavy atom. The fraction of sp³-hybridized carbons (Fsp3) is 0.550. The van der Waals surface area contributed by atoms with Crippen molar-refractivity contribution in [2.75, 3.05) is 45.9 Å². The minimum atomic E-state index is -0.112. The van der Waals surface area contributed by atoms with Gasteiger partial charge in [-0.1, -0.05) is 0 Å². The summed E-state index contributed by atoms with van der Waals surface area (Å²) in [6, 6.07) is 5.36. The van der Waals surface area contributed by atoms with Crippen LogP contribution in [0.25, 0.3) is 0 Å². The number of hydrogen-bond donors (Lipinski definition) is 2. The summed E-state index contributed by atoms with van der Waals surface area (Å²) in [5, 5.41) is 5.42. The van der Waals surface area contributed by atoms with Crippen LogP contribution in [0, 0.1) is 5.92 Å². The largest absolute Gasteiger partial charge is 0.486 e. The minimum Gasteiger partial charge on any atom is -0.486 e. The molecule has 1 aromatic carbocycles. The number of carbonyl (C=O) groups excluding carboxylic acids is 3. The van der Waals surface area contributed by atoms with Crippen molar-refractivity contribution in [3.63, 3.8) is 0 Å². The number of likely N-dealkylation sites (tertiary alicyclic amines) is 1. The zero-order valence-electron chi connectivity index (χ0n) is 16.2. The lowest BCUT2D eigenvalue weighted by atomic mass is 9.88. The topological polar surface area (TPSA) is 97.0 Å². The number of amides is 2. The van der Waals surface area contributed by atoms with E-state index in [1.54, 1.807) is 18.2 Å². The molecule has 0 bridgehead atoms. The first-order chi connectivity index (χ1) is 13.5. The highest BCUT2D eigenvalue weighted by molar-refractivity contribution is 5.98. The average Bonchev–Trinajstić information content (AvgIpc) is 2.71. The van der Waals surface area contributed by atoms with Gasteiger partial charge in [-0.25, -0.2) is 0 Å². The molecule has 1 saturated heterocycles. The molecule has 0 saturated carbocycles. The van der Waals surface area contributed by atoms with Crippen LogP contribution in [0.3, 0.4) is 0 Å². The van der Waals surface area contributed by atoms with Gasteiger partial charge in [-0.2, -0.15) is 0 Å². The predicted octanol–water partition coefficient (Wildman–Crippen LogP) is 0.605. The summed E-state index contributed by atoms with van der Waals surface area (Å²) in [6.45, 7) is 5.03. The highest BCUT2D eigenvalue weighted by Crippen LogP contribution is 2.32. The molecule has 8 nitrogen and oxygen atoms in total. The van der Waals surface area contributed by atoms with Gasteiger partial charge in [-0.3, -0.25) is 19.3 Å². The number of carbonyl (C=O) groups is 3. The summed E-state index contributed by atoms with van der Waals surface area (Å²) >= 11 is 0. The lowest BCUT2D eigenvalue weighted by Crippen LogP contribution is -2.44. The van der Waals surface area contributed by atoms with Crippen LogP contribution in [-0.2, 0) is 9.59 Å². The number of hydrogen-bond acceptors (Lipinski definition) is 6. The number of rotatable bonds is 7. The Bertz CT molecular complexity index is 729. The second kappa shape index (κ2) is 9.54. The Hall–Kier alpha value is -2.61. The average molecular weight is 389 g/mol. The van der Waals surface area contributed by atoms with Gasteiger partial charge in [-0.15, -0.1) is 0 Å². The van der Waals surface area contributed by atoms with Crippen molar-refractivity contribution >= 4 is 17.6 Å². The minimum absolute atomic E-state index is 0.0402. The molecular weight excluding hydrogens is 362 g/mol. The third kappa shape index (κ3) is 5.45. The number of piperidine rings is 1. The number of ether oxygens (including phenoxy) is 2. The van der Waals surface area contributed by atoms with Crippen LogP contribution in [0.2, 0.25) is 0 Å². The van der Waals surface area contributed by atoms with E-state index in [1.165, 1.54) is 6.92 Å². The molecule has 0 radical (unpaired) electrons. The smallest absolute Gasteiger partial charge is 0.234 e. The fourth-order valence-electron chi connectivity index (χ4n) is 3.49. The number of nitrogens with zero attached hydrogens (tertiary/aromatic N) is 1. The zero-order valence-corrected chi connectivity index (χ0v) is 16.2. The first-order valence-electron chi connectivity index (χ1n) is 9.70. The molecule has 2 N–H and O–H groups in total. The van der Waals surface area contributed by atoms with Gasteiger partial charge in [0.05, 0.1) is 6.54 Å². The number of ketones is 1.